The van der Waals surface area contributed by atoms with Crippen LogP contribution in [0.2, 0.25) is 0 Å². The molecule has 1 aromatic heterocycles. The Balaban J connectivity index is 3.07. The number of nitriles is 1. The number of nitrogens with two attached hydrogens (primary N) is 1. The van der Waals surface area contributed by atoms with Crippen LogP contribution in [-0.2, 0) is 0 Å². The summed E-state index contributed by atoms with van der Waals surface area (Å²) in [4.78, 5) is 2.37. The molecule has 0 spiro atoms. The van der Waals surface area contributed by atoms with E-state index in [-0.39, 0.29) is 6.04 Å². The van der Waals surface area contributed by atoms with E-state index in [0.717, 1.165) is 30.9 Å². The molecule has 4 heteroatoms. The molecular formula is C14H24N4. The van der Waals surface area contributed by atoms with Gasteiger partial charge in [0.1, 0.15) is 11.9 Å². The van der Waals surface area contributed by atoms with Gasteiger partial charge in [-0.15, -0.1) is 0 Å². The van der Waals surface area contributed by atoms with Crippen LogP contribution in [0, 0.1) is 25.2 Å². The van der Waals surface area contributed by atoms with Crippen molar-refractivity contribution in [2.45, 2.75) is 40.7 Å². The minimum Gasteiger partial charge on any atom is -0.384 e. The third-order valence-corrected chi connectivity index (χ3v) is 3.76. The number of hydrogen-bond acceptors (Lipinski definition) is 3. The Morgan fingerprint density at radius 2 is 1.89 bits per heavy atom. The zero-order chi connectivity index (χ0) is 13.9. The minimum absolute atomic E-state index is 0.283. The van der Waals surface area contributed by atoms with Gasteiger partial charge in [-0.25, -0.2) is 0 Å². The molecule has 1 aromatic rings. The number of nitrogen functional groups attached to an aromatic ring is 1. The monoisotopic (exact) mass is 248 g/mol. The molecule has 2 N–H and O–H groups in total. The fraction of sp³-hybridized carbons (Fsp3) is 0.643. The molecule has 18 heavy (non-hydrogen) atoms. The van der Waals surface area contributed by atoms with E-state index in [1.54, 1.807) is 0 Å². The van der Waals surface area contributed by atoms with E-state index in [1.165, 1.54) is 0 Å². The molecule has 0 fully saturated rings. The van der Waals surface area contributed by atoms with Crippen LogP contribution in [0.15, 0.2) is 0 Å². The van der Waals surface area contributed by atoms with Gasteiger partial charge < -0.3 is 15.2 Å². The number of likely N-dealkylation sites (N-methyl/N-ethyl adjacent to an activating group) is 1. The molecule has 0 bridgehead atoms. The summed E-state index contributed by atoms with van der Waals surface area (Å²) in [6.07, 6.45) is 0. The summed E-state index contributed by atoms with van der Waals surface area (Å²) in [6, 6.07) is 2.48. The van der Waals surface area contributed by atoms with Gasteiger partial charge in [0.2, 0.25) is 0 Å². The fourth-order valence-electron chi connectivity index (χ4n) is 2.50. The van der Waals surface area contributed by atoms with Crippen molar-refractivity contribution in [1.82, 2.24) is 9.47 Å². The Morgan fingerprint density at radius 3 is 2.28 bits per heavy atom. The number of anilines is 1. The highest BCUT2D eigenvalue weighted by Gasteiger charge is 2.19. The van der Waals surface area contributed by atoms with Gasteiger partial charge in [0.25, 0.3) is 0 Å². The van der Waals surface area contributed by atoms with Crippen LogP contribution < -0.4 is 5.73 Å². The van der Waals surface area contributed by atoms with Gasteiger partial charge in [-0.2, -0.15) is 5.26 Å². The Hall–Kier alpha value is -1.47. The van der Waals surface area contributed by atoms with Crippen molar-refractivity contribution in [1.29, 1.82) is 5.26 Å². The Kier molecular flexibility index (Phi) is 4.80. The van der Waals surface area contributed by atoms with Crippen LogP contribution in [0.3, 0.4) is 0 Å². The normalized spacial score (nSPS) is 12.7. The molecule has 4 nitrogen and oxygen atoms in total. The van der Waals surface area contributed by atoms with Crippen molar-refractivity contribution in [3.8, 4) is 6.07 Å². The first-order chi connectivity index (χ1) is 8.47. The van der Waals surface area contributed by atoms with Crippen LogP contribution in [0.5, 0.6) is 0 Å². The Bertz CT molecular complexity index is 449. The maximum atomic E-state index is 9.14. The van der Waals surface area contributed by atoms with Crippen molar-refractivity contribution in [2.24, 2.45) is 0 Å². The third kappa shape index (κ3) is 2.51. The molecule has 0 saturated heterocycles. The zero-order valence-corrected chi connectivity index (χ0v) is 12.1. The molecule has 100 valence electrons. The number of rotatable bonds is 5. The lowest BCUT2D eigenvalue weighted by Crippen LogP contribution is -2.30. The maximum Gasteiger partial charge on any atom is 0.122 e. The molecule has 0 aliphatic rings. The number of nitrogens with zero attached hydrogens (tertiary/aromatic N) is 3. The lowest BCUT2D eigenvalue weighted by molar-refractivity contribution is 0.261. The smallest absolute Gasteiger partial charge is 0.122 e. The highest BCUT2D eigenvalue weighted by molar-refractivity contribution is 5.58. The van der Waals surface area contributed by atoms with E-state index in [0.29, 0.717) is 11.4 Å². The standard InChI is InChI=1S/C14H24N4/c1-6-17(7-2)9-10(3)18-12(5)11(4)13(8-15)14(18)16/h10H,6-7,9,16H2,1-5H3. The van der Waals surface area contributed by atoms with Crippen molar-refractivity contribution >= 4 is 5.82 Å². The molecule has 0 saturated carbocycles. The molecule has 1 heterocycles. The molecule has 0 radical (unpaired) electrons. The second kappa shape index (κ2) is 5.92. The Morgan fingerprint density at radius 1 is 1.33 bits per heavy atom. The van der Waals surface area contributed by atoms with E-state index < -0.39 is 0 Å². The van der Waals surface area contributed by atoms with Crippen LogP contribution in [0.1, 0.15) is 43.6 Å². The van der Waals surface area contributed by atoms with Crippen molar-refractivity contribution < 1.29 is 0 Å². The van der Waals surface area contributed by atoms with Gasteiger partial charge in [0, 0.05) is 18.3 Å². The number of hydrogen-bond donors (Lipinski definition) is 1. The fourth-order valence-corrected chi connectivity index (χ4v) is 2.50. The van der Waals surface area contributed by atoms with Crippen molar-refractivity contribution in [2.75, 3.05) is 25.4 Å². The summed E-state index contributed by atoms with van der Waals surface area (Å²) in [7, 11) is 0. The topological polar surface area (TPSA) is 58.0 Å². The zero-order valence-electron chi connectivity index (χ0n) is 12.1. The summed E-state index contributed by atoms with van der Waals surface area (Å²) in [6.45, 7) is 13.5. The molecule has 0 aliphatic heterocycles. The van der Waals surface area contributed by atoms with Crippen LogP contribution in [0.4, 0.5) is 5.82 Å². The highest BCUT2D eigenvalue weighted by Crippen LogP contribution is 2.27. The average Bonchev–Trinajstić information content (AvgIpc) is 2.57. The summed E-state index contributed by atoms with van der Waals surface area (Å²) >= 11 is 0. The van der Waals surface area contributed by atoms with Crippen LogP contribution in [-0.4, -0.2) is 29.1 Å². The molecule has 0 aliphatic carbocycles. The predicted octanol–water partition coefficient (Wildman–Crippen LogP) is 2.46. The average molecular weight is 248 g/mol. The van der Waals surface area contributed by atoms with Crippen LogP contribution >= 0.6 is 0 Å². The minimum atomic E-state index is 0.283. The van der Waals surface area contributed by atoms with Gasteiger partial charge in [-0.1, -0.05) is 13.8 Å². The largest absolute Gasteiger partial charge is 0.384 e. The van der Waals surface area contributed by atoms with Gasteiger partial charge in [0.05, 0.1) is 5.56 Å². The second-order valence-electron chi connectivity index (χ2n) is 4.79. The first kappa shape index (κ1) is 14.6. The van der Waals surface area contributed by atoms with E-state index in [4.69, 9.17) is 11.0 Å². The molecule has 1 atom stereocenters. The summed E-state index contributed by atoms with van der Waals surface area (Å²) in [5.41, 5.74) is 8.82. The molecular weight excluding hydrogens is 224 g/mol. The van der Waals surface area contributed by atoms with Crippen molar-refractivity contribution in [3.63, 3.8) is 0 Å². The maximum absolute atomic E-state index is 9.14. The molecule has 1 unspecified atom stereocenters. The van der Waals surface area contributed by atoms with Gasteiger partial charge in [0.15, 0.2) is 0 Å². The first-order valence-electron chi connectivity index (χ1n) is 6.57. The second-order valence-corrected chi connectivity index (χ2v) is 4.79. The molecule has 0 aromatic carbocycles. The Labute approximate surface area is 110 Å². The summed E-state index contributed by atoms with van der Waals surface area (Å²) in [5, 5.41) is 9.14. The van der Waals surface area contributed by atoms with Gasteiger partial charge >= 0.3 is 0 Å². The van der Waals surface area contributed by atoms with Gasteiger partial charge in [-0.05, 0) is 39.4 Å². The molecule has 0 amide bonds. The summed E-state index contributed by atoms with van der Waals surface area (Å²) in [5.74, 6) is 0.604. The molecule has 1 rings (SSSR count). The van der Waals surface area contributed by atoms with Crippen LogP contribution in [0.25, 0.3) is 0 Å². The third-order valence-electron chi connectivity index (χ3n) is 3.76. The van der Waals surface area contributed by atoms with E-state index >= 15 is 0 Å². The van der Waals surface area contributed by atoms with Crippen molar-refractivity contribution in [3.05, 3.63) is 16.8 Å². The predicted molar refractivity (Wildman–Crippen MR) is 75.5 cm³/mol. The van der Waals surface area contributed by atoms with E-state index in [9.17, 15) is 0 Å². The lowest BCUT2D eigenvalue weighted by Gasteiger charge is -2.25. The van der Waals surface area contributed by atoms with E-state index in [2.05, 4.69) is 36.3 Å². The SMILES string of the molecule is CCN(CC)CC(C)n1c(C)c(C)c(C#N)c1N. The lowest BCUT2D eigenvalue weighted by atomic mass is 10.2. The van der Waals surface area contributed by atoms with E-state index in [1.807, 2.05) is 13.8 Å². The highest BCUT2D eigenvalue weighted by atomic mass is 15.2. The van der Waals surface area contributed by atoms with Gasteiger partial charge in [-0.3, -0.25) is 0 Å². The first-order valence-corrected chi connectivity index (χ1v) is 6.57. The quantitative estimate of drug-likeness (QED) is 0.870. The summed E-state index contributed by atoms with van der Waals surface area (Å²) < 4.78 is 2.09. The number of aromatic nitrogens is 1.